The summed E-state index contributed by atoms with van der Waals surface area (Å²) in [6.07, 6.45) is 5.49. The zero-order valence-corrected chi connectivity index (χ0v) is 12.7. The van der Waals surface area contributed by atoms with Gasteiger partial charge in [-0.15, -0.1) is 0 Å². The van der Waals surface area contributed by atoms with Gasteiger partial charge in [-0.1, -0.05) is 6.92 Å². The van der Waals surface area contributed by atoms with Crippen LogP contribution in [0.5, 0.6) is 0 Å². The van der Waals surface area contributed by atoms with Crippen LogP contribution in [-0.2, 0) is 0 Å². The van der Waals surface area contributed by atoms with Gasteiger partial charge in [-0.05, 0) is 45.4 Å². The highest BCUT2D eigenvalue weighted by Crippen LogP contribution is 2.32. The molecule has 1 aromatic heterocycles. The number of nitrogens with zero attached hydrogens (tertiary/aromatic N) is 2. The molecule has 5 nitrogen and oxygen atoms in total. The van der Waals surface area contributed by atoms with Gasteiger partial charge in [-0.2, -0.15) is 0 Å². The molecule has 1 aromatic rings. The molecule has 0 atom stereocenters. The van der Waals surface area contributed by atoms with E-state index in [1.807, 2.05) is 13.8 Å². The highest BCUT2D eigenvalue weighted by molar-refractivity contribution is 5.56. The normalized spacial score (nSPS) is 26.3. The quantitative estimate of drug-likeness (QED) is 0.772. The van der Waals surface area contributed by atoms with Gasteiger partial charge in [0.05, 0.1) is 5.60 Å². The average Bonchev–Trinajstić information content (AvgIpc) is 2.44. The minimum atomic E-state index is -0.595. The molecule has 0 radical (unpaired) electrons. The van der Waals surface area contributed by atoms with Gasteiger partial charge in [0.15, 0.2) is 0 Å². The van der Waals surface area contributed by atoms with Crippen molar-refractivity contribution < 1.29 is 5.11 Å². The first-order valence-corrected chi connectivity index (χ1v) is 7.56. The molecule has 1 heterocycles. The number of anilines is 2. The van der Waals surface area contributed by atoms with Crippen LogP contribution in [0.2, 0.25) is 0 Å². The summed E-state index contributed by atoms with van der Waals surface area (Å²) >= 11 is 0. The number of aliphatic hydroxyl groups is 1. The van der Waals surface area contributed by atoms with E-state index < -0.39 is 5.60 Å². The fourth-order valence-corrected chi connectivity index (χ4v) is 2.70. The van der Waals surface area contributed by atoms with Crippen molar-refractivity contribution in [2.45, 2.75) is 52.1 Å². The Morgan fingerprint density at radius 3 is 2.45 bits per heavy atom. The Morgan fingerprint density at radius 2 is 1.85 bits per heavy atom. The average molecular weight is 278 g/mol. The zero-order valence-electron chi connectivity index (χ0n) is 12.7. The van der Waals surface area contributed by atoms with E-state index in [-0.39, 0.29) is 0 Å². The molecule has 0 unspecified atom stereocenters. The van der Waals surface area contributed by atoms with Crippen molar-refractivity contribution in [2.24, 2.45) is 5.92 Å². The van der Waals surface area contributed by atoms with Crippen LogP contribution in [0.1, 0.15) is 45.1 Å². The van der Waals surface area contributed by atoms with Crippen molar-refractivity contribution in [3.8, 4) is 0 Å². The molecule has 1 aliphatic carbocycles. The molecule has 5 heteroatoms. The molecule has 1 saturated carbocycles. The first-order valence-electron chi connectivity index (χ1n) is 7.56. The van der Waals surface area contributed by atoms with Gasteiger partial charge in [0, 0.05) is 18.7 Å². The summed E-state index contributed by atoms with van der Waals surface area (Å²) in [6.45, 7) is 7.68. The molecular formula is C15H26N4O. The summed E-state index contributed by atoms with van der Waals surface area (Å²) in [5.41, 5.74) is 0.407. The molecule has 0 bridgehead atoms. The molecule has 0 aromatic carbocycles. The van der Waals surface area contributed by atoms with Crippen molar-refractivity contribution in [3.05, 3.63) is 11.9 Å². The van der Waals surface area contributed by atoms with E-state index in [1.165, 1.54) is 0 Å². The van der Waals surface area contributed by atoms with E-state index >= 15 is 0 Å². The molecule has 2 rings (SSSR count). The molecule has 0 saturated heterocycles. The van der Waals surface area contributed by atoms with Crippen molar-refractivity contribution >= 4 is 11.6 Å². The van der Waals surface area contributed by atoms with Gasteiger partial charge in [0.2, 0.25) is 0 Å². The van der Waals surface area contributed by atoms with Gasteiger partial charge in [0.1, 0.15) is 18.0 Å². The molecule has 112 valence electrons. The highest BCUT2D eigenvalue weighted by atomic mass is 16.3. The molecule has 20 heavy (non-hydrogen) atoms. The number of aromatic nitrogens is 2. The van der Waals surface area contributed by atoms with Gasteiger partial charge in [0.25, 0.3) is 0 Å². The predicted octanol–water partition coefficient (Wildman–Crippen LogP) is 2.57. The van der Waals surface area contributed by atoms with Gasteiger partial charge < -0.3 is 15.7 Å². The first kappa shape index (κ1) is 15.0. The summed E-state index contributed by atoms with van der Waals surface area (Å²) in [4.78, 5) is 8.50. The zero-order chi connectivity index (χ0) is 14.6. The lowest BCUT2D eigenvalue weighted by atomic mass is 9.79. The Kier molecular flexibility index (Phi) is 4.81. The third kappa shape index (κ3) is 3.60. The molecule has 0 amide bonds. The third-order valence-corrected chi connectivity index (χ3v) is 4.22. The van der Waals surface area contributed by atoms with Crippen molar-refractivity contribution in [1.29, 1.82) is 0 Å². The van der Waals surface area contributed by atoms with Crippen molar-refractivity contribution in [2.75, 3.05) is 23.7 Å². The van der Waals surface area contributed by atoms with Crippen molar-refractivity contribution in [3.63, 3.8) is 0 Å². The lowest BCUT2D eigenvalue weighted by Crippen LogP contribution is -2.40. The molecule has 1 fully saturated rings. The molecule has 0 aliphatic heterocycles. The first-order chi connectivity index (χ1) is 9.54. The third-order valence-electron chi connectivity index (χ3n) is 4.22. The van der Waals surface area contributed by atoms with Crippen LogP contribution in [0.25, 0.3) is 0 Å². The molecule has 0 spiro atoms. The Balaban J connectivity index is 1.98. The highest BCUT2D eigenvalue weighted by Gasteiger charge is 2.31. The fraction of sp³-hybridized carbons (Fsp3) is 0.733. The number of rotatable bonds is 5. The van der Waals surface area contributed by atoms with Gasteiger partial charge in [-0.25, -0.2) is 9.97 Å². The topological polar surface area (TPSA) is 70.1 Å². The second-order valence-electron chi connectivity index (χ2n) is 5.99. The van der Waals surface area contributed by atoms with Crippen LogP contribution < -0.4 is 10.6 Å². The lowest BCUT2D eigenvalue weighted by Gasteiger charge is -2.35. The summed E-state index contributed by atoms with van der Waals surface area (Å²) in [6, 6.07) is 0. The maximum absolute atomic E-state index is 10.6. The smallest absolute Gasteiger partial charge is 0.134 e. The lowest BCUT2D eigenvalue weighted by molar-refractivity contribution is 0.00494. The second kappa shape index (κ2) is 6.39. The van der Waals surface area contributed by atoms with E-state index in [0.29, 0.717) is 6.54 Å². The fourth-order valence-electron chi connectivity index (χ4n) is 2.70. The van der Waals surface area contributed by atoms with Crippen LogP contribution in [0.4, 0.5) is 11.6 Å². The SMILES string of the molecule is CCNc1ncnc(NCC2(O)CCC(C)CC2)c1C. The van der Waals surface area contributed by atoms with E-state index in [1.54, 1.807) is 6.33 Å². The standard InChI is InChI=1S/C15H26N4O/c1-4-16-13-12(3)14(19-10-18-13)17-9-15(20)7-5-11(2)6-8-15/h10-11,20H,4-9H2,1-3H3,(H2,16,17,18,19). The maximum atomic E-state index is 10.6. The predicted molar refractivity (Wildman–Crippen MR) is 82.0 cm³/mol. The maximum Gasteiger partial charge on any atom is 0.134 e. The van der Waals surface area contributed by atoms with Crippen LogP contribution >= 0.6 is 0 Å². The number of hydrogen-bond donors (Lipinski definition) is 3. The summed E-state index contributed by atoms with van der Waals surface area (Å²) in [7, 11) is 0. The van der Waals surface area contributed by atoms with E-state index in [9.17, 15) is 5.11 Å². The summed E-state index contributed by atoms with van der Waals surface area (Å²) in [5.74, 6) is 2.40. The molecular weight excluding hydrogens is 252 g/mol. The largest absolute Gasteiger partial charge is 0.388 e. The minimum absolute atomic E-state index is 0.559. The van der Waals surface area contributed by atoms with E-state index in [0.717, 1.165) is 55.3 Å². The van der Waals surface area contributed by atoms with E-state index in [4.69, 9.17) is 0 Å². The Hall–Kier alpha value is -1.36. The Bertz CT molecular complexity index is 441. The van der Waals surface area contributed by atoms with Gasteiger partial charge >= 0.3 is 0 Å². The van der Waals surface area contributed by atoms with Crippen molar-refractivity contribution in [1.82, 2.24) is 9.97 Å². The van der Waals surface area contributed by atoms with Gasteiger partial charge in [-0.3, -0.25) is 0 Å². The Morgan fingerprint density at radius 1 is 1.25 bits per heavy atom. The summed E-state index contributed by atoms with van der Waals surface area (Å²) in [5, 5.41) is 17.1. The molecule has 3 N–H and O–H groups in total. The number of hydrogen-bond acceptors (Lipinski definition) is 5. The van der Waals surface area contributed by atoms with Crippen LogP contribution in [0, 0.1) is 12.8 Å². The number of nitrogens with one attached hydrogen (secondary N) is 2. The summed E-state index contributed by atoms with van der Waals surface area (Å²) < 4.78 is 0. The minimum Gasteiger partial charge on any atom is -0.388 e. The van der Waals surface area contributed by atoms with Crippen LogP contribution in [0.15, 0.2) is 6.33 Å². The molecule has 1 aliphatic rings. The van der Waals surface area contributed by atoms with E-state index in [2.05, 4.69) is 27.5 Å². The second-order valence-corrected chi connectivity index (χ2v) is 5.99. The van der Waals surface area contributed by atoms with Crippen LogP contribution in [0.3, 0.4) is 0 Å². The monoisotopic (exact) mass is 278 g/mol. The van der Waals surface area contributed by atoms with Crippen LogP contribution in [-0.4, -0.2) is 33.8 Å². The Labute approximate surface area is 121 Å².